The lowest BCUT2D eigenvalue weighted by molar-refractivity contribution is -0.139. The van der Waals surface area contributed by atoms with Gasteiger partial charge in [0.05, 0.1) is 156 Å². The Morgan fingerprint density at radius 2 is 1.21 bits per heavy atom. The Morgan fingerprint density at radius 1 is 0.661 bits per heavy atom. The summed E-state index contributed by atoms with van der Waals surface area (Å²) < 4.78 is 73.8. The highest BCUT2D eigenvalue weighted by molar-refractivity contribution is 6.09. The van der Waals surface area contributed by atoms with Crippen molar-refractivity contribution < 1.29 is 110 Å². The number of allylic oxidation sites excluding steroid dienone is 2. The second-order valence-electron chi connectivity index (χ2n) is 28.0. The van der Waals surface area contributed by atoms with Crippen molar-refractivity contribution in [1.82, 2.24) is 20.4 Å². The SMILES string of the molecule is COc1cc2c(cc1OCCCCCOc1cc3c(cc1OC)C(=O)C1C=C(C)C[C@H]1[C@H](O)N3C(=O)OCc1ccc(CC(=O)[C@H](C)NC(=O)[C@@H](CC(=O)CCOCCOCCOCCOCCOCCOCCOCCOCCNC(=O)CCN3C(=O)CC(C)C3=O)C(C)C)cc1)N=C[C@]1(N)CC(C)=CN1C2=O. The molecule has 3 aromatic carbocycles. The van der Waals surface area contributed by atoms with Crippen LogP contribution in [0.2, 0.25) is 0 Å². The van der Waals surface area contributed by atoms with Gasteiger partial charge in [-0.1, -0.05) is 62.3 Å². The minimum Gasteiger partial charge on any atom is -0.493 e. The van der Waals surface area contributed by atoms with Crippen molar-refractivity contribution in [2.45, 2.75) is 130 Å². The van der Waals surface area contributed by atoms with Crippen molar-refractivity contribution in [3.63, 3.8) is 0 Å². The summed E-state index contributed by atoms with van der Waals surface area (Å²) in [5, 5.41) is 17.5. The number of nitrogens with zero attached hydrogens (tertiary/aromatic N) is 4. The predicted molar refractivity (Wildman–Crippen MR) is 399 cm³/mol. The molecule has 30 nitrogen and oxygen atoms in total. The van der Waals surface area contributed by atoms with Gasteiger partial charge in [-0.2, -0.15) is 0 Å². The number of methoxy groups -OCH3 is 2. The number of aliphatic hydroxyl groups excluding tert-OH is 1. The Bertz CT molecular complexity index is 3680. The van der Waals surface area contributed by atoms with Gasteiger partial charge in [0, 0.05) is 105 Å². The fourth-order valence-corrected chi connectivity index (χ4v) is 13.1. The van der Waals surface area contributed by atoms with Crippen LogP contribution in [0.1, 0.15) is 131 Å². The molecule has 5 aliphatic rings. The van der Waals surface area contributed by atoms with Crippen LogP contribution < -0.4 is 40.2 Å². The number of Topliss-reactive ketones (excluding diaryl/α,β-unsaturated/α-hetero) is 3. The molecule has 0 bridgehead atoms. The predicted octanol–water partition coefficient (Wildman–Crippen LogP) is 6.96. The van der Waals surface area contributed by atoms with E-state index in [1.165, 1.54) is 31.3 Å². The van der Waals surface area contributed by atoms with Crippen LogP contribution in [0.5, 0.6) is 23.0 Å². The highest BCUT2D eigenvalue weighted by atomic mass is 16.6. The Hall–Kier alpha value is -8.56. The van der Waals surface area contributed by atoms with Gasteiger partial charge in [-0.15, -0.1) is 0 Å². The van der Waals surface area contributed by atoms with E-state index in [-0.39, 0.29) is 141 Å². The van der Waals surface area contributed by atoms with E-state index in [0.717, 1.165) is 20.9 Å². The van der Waals surface area contributed by atoms with Gasteiger partial charge in [0.2, 0.25) is 23.6 Å². The van der Waals surface area contributed by atoms with E-state index in [4.69, 9.17) is 67.3 Å². The van der Waals surface area contributed by atoms with Gasteiger partial charge in [0.15, 0.2) is 34.6 Å². The van der Waals surface area contributed by atoms with Gasteiger partial charge in [0.1, 0.15) is 24.3 Å². The number of aliphatic hydroxyl groups is 1. The first kappa shape index (κ1) is 86.0. The lowest BCUT2D eigenvalue weighted by Crippen LogP contribution is -2.54. The van der Waals surface area contributed by atoms with Crippen LogP contribution in [0.25, 0.3) is 0 Å². The summed E-state index contributed by atoms with van der Waals surface area (Å²) in [7, 11) is 2.96. The number of ketones is 3. The zero-order valence-corrected chi connectivity index (χ0v) is 64.1. The number of anilines is 1. The van der Waals surface area contributed by atoms with Crippen molar-refractivity contribution >= 4 is 70.6 Å². The fourth-order valence-electron chi connectivity index (χ4n) is 13.1. The van der Waals surface area contributed by atoms with Crippen LogP contribution >= 0.6 is 0 Å². The number of ether oxygens (including phenoxy) is 13. The van der Waals surface area contributed by atoms with Crippen molar-refractivity contribution in [1.29, 1.82) is 0 Å². The first-order valence-electron chi connectivity index (χ1n) is 37.6. The number of carbonyl (C=O) groups excluding carboxylic acids is 9. The molecule has 598 valence electrons. The lowest BCUT2D eigenvalue weighted by atomic mass is 9.88. The van der Waals surface area contributed by atoms with Crippen LogP contribution in [0, 0.1) is 29.6 Å². The number of imide groups is 1. The number of likely N-dealkylation sites (tertiary alicyclic amines) is 1. The maximum atomic E-state index is 14.3. The molecule has 0 aromatic heterocycles. The van der Waals surface area contributed by atoms with Crippen molar-refractivity contribution in [2.24, 2.45) is 40.3 Å². The number of nitrogens with one attached hydrogen (secondary N) is 2. The molecule has 4 heterocycles. The molecule has 109 heavy (non-hydrogen) atoms. The quantitative estimate of drug-likeness (QED) is 0.0252. The summed E-state index contributed by atoms with van der Waals surface area (Å²) in [5.74, 6) is -3.30. The van der Waals surface area contributed by atoms with Crippen LogP contribution in [0.3, 0.4) is 0 Å². The molecule has 3 aromatic rings. The Labute approximate surface area is 637 Å². The molecular weight excluding hydrogens is 1410 g/mol. The summed E-state index contributed by atoms with van der Waals surface area (Å²) in [4.78, 5) is 126. The Balaban J connectivity index is 0.649. The van der Waals surface area contributed by atoms with Gasteiger partial charge in [0.25, 0.3) is 5.91 Å². The molecule has 1 aliphatic carbocycles. The summed E-state index contributed by atoms with van der Waals surface area (Å²) >= 11 is 0. The molecule has 1 saturated heterocycles. The van der Waals surface area contributed by atoms with Crippen LogP contribution in [-0.4, -0.2) is 238 Å². The van der Waals surface area contributed by atoms with E-state index in [1.807, 2.05) is 33.8 Å². The van der Waals surface area contributed by atoms with Gasteiger partial charge in [-0.25, -0.2) is 4.79 Å². The third kappa shape index (κ3) is 25.5. The van der Waals surface area contributed by atoms with Gasteiger partial charge < -0.3 is 83.1 Å². The third-order valence-electron chi connectivity index (χ3n) is 19.2. The highest BCUT2D eigenvalue weighted by Gasteiger charge is 2.47. The average Bonchev–Trinajstić information content (AvgIpc) is 1.64. The topological polar surface area (TPSA) is 366 Å². The number of benzene rings is 3. The first-order valence-corrected chi connectivity index (χ1v) is 37.6. The van der Waals surface area contributed by atoms with E-state index in [0.29, 0.717) is 172 Å². The number of rotatable bonds is 50. The number of aliphatic imine (C=N–C) groups is 1. The van der Waals surface area contributed by atoms with Crippen LogP contribution in [0.4, 0.5) is 16.2 Å². The molecule has 0 spiro atoms. The molecule has 8 rings (SSSR count). The van der Waals surface area contributed by atoms with E-state index in [1.54, 1.807) is 62.7 Å². The Kier molecular flexibility index (Phi) is 34.5. The number of hydrogen-bond donors (Lipinski definition) is 4. The van der Waals surface area contributed by atoms with E-state index in [9.17, 15) is 48.3 Å². The fraction of sp³-hybridized carbons (Fsp3) is 0.595. The summed E-state index contributed by atoms with van der Waals surface area (Å²) in [6.07, 6.45) is 5.91. The maximum absolute atomic E-state index is 14.3. The van der Waals surface area contributed by atoms with Crippen molar-refractivity contribution in [2.75, 3.05) is 151 Å². The molecule has 4 aliphatic heterocycles. The monoisotopic (exact) mass is 1520 g/mol. The molecule has 6 amide bonds. The van der Waals surface area contributed by atoms with Crippen LogP contribution in [0.15, 0.2) is 76.9 Å². The van der Waals surface area contributed by atoms with Gasteiger partial charge in [-0.3, -0.25) is 58.0 Å². The van der Waals surface area contributed by atoms with E-state index in [2.05, 4.69) is 15.6 Å². The van der Waals surface area contributed by atoms with Crippen LogP contribution in [-0.2, 0) is 84.4 Å². The zero-order chi connectivity index (χ0) is 78.4. The van der Waals surface area contributed by atoms with Gasteiger partial charge in [-0.05, 0) is 75.6 Å². The summed E-state index contributed by atoms with van der Waals surface area (Å²) in [6, 6.07) is 12.4. The minimum absolute atomic E-state index is 0.00992. The summed E-state index contributed by atoms with van der Waals surface area (Å²) in [5.41, 5.74) is 9.66. The minimum atomic E-state index is -1.45. The molecule has 0 radical (unpaired) electrons. The molecule has 30 heteroatoms. The summed E-state index contributed by atoms with van der Waals surface area (Å²) in [6.45, 7) is 17.2. The molecule has 2 unspecified atom stereocenters. The van der Waals surface area contributed by atoms with Gasteiger partial charge >= 0.3 is 6.09 Å². The second-order valence-corrected chi connectivity index (χ2v) is 28.0. The standard InChI is InChI=1S/C79H109N7O23/c1-51(2)59(42-58(87)17-22-99-24-26-101-28-30-103-32-34-105-36-37-106-35-33-104-31-29-102-27-25-100-23-18-81-71(89)16-19-84-72(90)40-54(5)75(84)93)74(92)83-55(6)66(88)41-56-12-14-57(15-13-56)49-109-78(96)86-65-46-70(68(98-8)44-63(65)73(91)60-38-52(3)39-61(60)77(86)95)108-21-11-9-10-20-107-69-45-64-62(43-67(69)97-7)76(94)85-48-53(4)47-79(85,80)50-82-64/h12-15,38,43-46,48,50-51,54-55,59-61,77,95H,9-11,16-37,39-42,47,49,80H2,1-8H3,(H,81,89)(H,83,92)/t54?,55-,59-,60?,61+,77-,79-/m0/s1. The average molecular weight is 1520 g/mol. The number of fused-ring (bicyclic) bond motifs is 4. The van der Waals surface area contributed by atoms with Crippen molar-refractivity contribution in [3.8, 4) is 23.0 Å². The number of unbranched alkanes of at least 4 members (excludes halogenated alkanes) is 2. The number of carbonyl (C=O) groups is 9. The van der Waals surface area contributed by atoms with E-state index < -0.39 is 47.7 Å². The molecule has 0 saturated carbocycles. The van der Waals surface area contributed by atoms with E-state index >= 15 is 0 Å². The number of nitrogens with two attached hydrogens (primary N) is 1. The highest BCUT2D eigenvalue weighted by Crippen LogP contribution is 2.47. The molecule has 1 fully saturated rings. The largest absolute Gasteiger partial charge is 0.493 e. The lowest BCUT2D eigenvalue weighted by Gasteiger charge is -2.31. The number of amides is 6. The molecule has 7 atom stereocenters. The number of hydrogen-bond acceptors (Lipinski definition) is 25. The second kappa shape index (κ2) is 43.7. The normalized spacial score (nSPS) is 19.2. The zero-order valence-electron chi connectivity index (χ0n) is 64.1. The maximum Gasteiger partial charge on any atom is 0.416 e. The molecule has 5 N–H and O–H groups in total. The smallest absolute Gasteiger partial charge is 0.416 e. The first-order chi connectivity index (χ1) is 52.5. The third-order valence-corrected chi connectivity index (χ3v) is 19.2. The Morgan fingerprint density at radius 3 is 1.77 bits per heavy atom. The molecular formula is C79H109N7O23. The van der Waals surface area contributed by atoms with Crippen molar-refractivity contribution in [3.05, 3.63) is 94.2 Å².